The van der Waals surface area contributed by atoms with E-state index in [0.717, 1.165) is 0 Å². The van der Waals surface area contributed by atoms with E-state index in [4.69, 9.17) is 0 Å². The van der Waals surface area contributed by atoms with Gasteiger partial charge >= 0.3 is 0 Å². The van der Waals surface area contributed by atoms with Crippen molar-refractivity contribution in [2.75, 3.05) is 0 Å². The van der Waals surface area contributed by atoms with Crippen molar-refractivity contribution in [3.8, 4) is 33.6 Å². The molecule has 0 saturated carbocycles. The van der Waals surface area contributed by atoms with E-state index in [0.29, 0.717) is 0 Å². The minimum absolute atomic E-state index is 1.18. The molecule has 0 saturated heterocycles. The van der Waals surface area contributed by atoms with Gasteiger partial charge in [-0.15, -0.1) is 22.7 Å². The number of hydrogen-bond donors (Lipinski definition) is 0. The van der Waals surface area contributed by atoms with Crippen LogP contribution in [0.3, 0.4) is 0 Å². The van der Waals surface area contributed by atoms with Crippen LogP contribution in [-0.2, 0) is 0 Å². The van der Waals surface area contributed by atoms with Crippen LogP contribution in [0.15, 0.2) is 194 Å². The Balaban J connectivity index is 1.15. The number of aromatic nitrogens is 2. The molecule has 2 nitrogen and oxygen atoms in total. The van der Waals surface area contributed by atoms with Gasteiger partial charge in [-0.05, 0) is 59.7 Å². The van der Waals surface area contributed by atoms with Crippen LogP contribution >= 0.6 is 22.7 Å². The maximum absolute atomic E-state index is 2.44. The number of para-hydroxylation sites is 4. The molecule has 0 N–H and O–H groups in total. The molecule has 58 heavy (non-hydrogen) atoms. The second kappa shape index (κ2) is 12.3. The van der Waals surface area contributed by atoms with E-state index in [1.807, 2.05) is 22.7 Å². The fraction of sp³-hybridized carbons (Fsp3) is 0. The fourth-order valence-corrected chi connectivity index (χ4v) is 12.4. The van der Waals surface area contributed by atoms with Crippen LogP contribution in [0, 0.1) is 0 Å². The topological polar surface area (TPSA) is 9.86 Å². The lowest BCUT2D eigenvalue weighted by molar-refractivity contribution is 1.19. The maximum atomic E-state index is 2.44. The molecule has 0 aliphatic heterocycles. The second-order valence-electron chi connectivity index (χ2n) is 15.2. The Morgan fingerprint density at radius 3 is 1.14 bits per heavy atom. The third kappa shape index (κ3) is 4.47. The summed E-state index contributed by atoms with van der Waals surface area (Å²) >= 11 is 3.87. The molecule has 13 rings (SSSR count). The molecule has 4 heterocycles. The Kier molecular flexibility index (Phi) is 6.79. The van der Waals surface area contributed by atoms with Gasteiger partial charge in [0.05, 0.1) is 22.1 Å². The highest BCUT2D eigenvalue weighted by atomic mass is 32.1. The van der Waals surface area contributed by atoms with Gasteiger partial charge in [-0.25, -0.2) is 0 Å². The highest BCUT2D eigenvalue weighted by Crippen LogP contribution is 2.54. The molecule has 0 fully saturated rings. The normalized spacial score (nSPS) is 12.1. The van der Waals surface area contributed by atoms with Gasteiger partial charge in [0.1, 0.15) is 0 Å². The molecule has 0 unspecified atom stereocenters. The quantitative estimate of drug-likeness (QED) is 0.169. The predicted octanol–water partition coefficient (Wildman–Crippen LogP) is 16.0. The zero-order chi connectivity index (χ0) is 37.9. The third-order valence-electron chi connectivity index (χ3n) is 12.1. The molecule has 0 atom stereocenters. The van der Waals surface area contributed by atoms with Crippen LogP contribution in [0.4, 0.5) is 0 Å². The van der Waals surface area contributed by atoms with E-state index in [-0.39, 0.29) is 0 Å². The summed E-state index contributed by atoms with van der Waals surface area (Å²) in [5.41, 5.74) is 12.4. The standard InChI is InChI=1S/C54H32N2S2/c1-3-15-33(16-4-1)49-50(34-17-5-2-6-18-34)53-52(42-30-28-36(32-48(42)57-53)56-45-25-13-9-21-39(45)40-22-10-14-26-46(40)56)54-51(49)41-29-27-35(31-47(41)58-54)55-43-23-11-7-19-37(43)38-20-8-12-24-44(38)55/h1-32H. The van der Waals surface area contributed by atoms with Crippen molar-refractivity contribution in [2.45, 2.75) is 0 Å². The van der Waals surface area contributed by atoms with Crippen LogP contribution in [0.25, 0.3) is 118 Å². The first-order valence-corrected chi connectivity index (χ1v) is 21.4. The highest BCUT2D eigenvalue weighted by molar-refractivity contribution is 7.30. The molecule has 0 aliphatic rings. The molecular weight excluding hydrogens is 741 g/mol. The number of rotatable bonds is 4. The first-order chi connectivity index (χ1) is 28.8. The van der Waals surface area contributed by atoms with Crippen molar-refractivity contribution in [3.63, 3.8) is 0 Å². The lowest BCUT2D eigenvalue weighted by atomic mass is 9.89. The van der Waals surface area contributed by atoms with Crippen molar-refractivity contribution in [2.24, 2.45) is 0 Å². The van der Waals surface area contributed by atoms with E-state index in [1.165, 1.54) is 118 Å². The Morgan fingerprint density at radius 2 is 0.672 bits per heavy atom. The minimum atomic E-state index is 1.18. The van der Waals surface area contributed by atoms with E-state index >= 15 is 0 Å². The average Bonchev–Trinajstić information content (AvgIpc) is 4.04. The van der Waals surface area contributed by atoms with Gasteiger partial charge in [-0.1, -0.05) is 146 Å². The summed E-state index contributed by atoms with van der Waals surface area (Å²) in [5.74, 6) is 0. The van der Waals surface area contributed by atoms with Gasteiger partial charge in [-0.3, -0.25) is 0 Å². The highest BCUT2D eigenvalue weighted by Gasteiger charge is 2.25. The number of benzene rings is 9. The minimum Gasteiger partial charge on any atom is -0.309 e. The molecule has 0 spiro atoms. The molecular formula is C54H32N2S2. The fourth-order valence-electron chi connectivity index (χ4n) is 9.69. The molecule has 13 aromatic rings. The van der Waals surface area contributed by atoms with Crippen LogP contribution in [0.5, 0.6) is 0 Å². The van der Waals surface area contributed by atoms with Gasteiger partial charge in [0.15, 0.2) is 0 Å². The zero-order valence-corrected chi connectivity index (χ0v) is 32.8. The smallest absolute Gasteiger partial charge is 0.0541 e. The van der Waals surface area contributed by atoms with E-state index in [2.05, 4.69) is 203 Å². The molecule has 4 aromatic heterocycles. The largest absolute Gasteiger partial charge is 0.309 e. The molecule has 9 aromatic carbocycles. The summed E-state index contributed by atoms with van der Waals surface area (Å²) in [6, 6.07) is 71.6. The molecule has 270 valence electrons. The summed E-state index contributed by atoms with van der Waals surface area (Å²) in [6.07, 6.45) is 0. The second-order valence-corrected chi connectivity index (χ2v) is 17.3. The Hall–Kier alpha value is -6.98. The lowest BCUT2D eigenvalue weighted by Crippen LogP contribution is -1.93. The zero-order valence-electron chi connectivity index (χ0n) is 31.2. The van der Waals surface area contributed by atoms with Crippen molar-refractivity contribution < 1.29 is 0 Å². The Labute approximate surface area is 341 Å². The Bertz CT molecular complexity index is 3680. The summed E-state index contributed by atoms with van der Waals surface area (Å²) in [4.78, 5) is 0. The monoisotopic (exact) mass is 772 g/mol. The van der Waals surface area contributed by atoms with Crippen molar-refractivity contribution in [1.29, 1.82) is 0 Å². The van der Waals surface area contributed by atoms with Crippen molar-refractivity contribution in [1.82, 2.24) is 9.13 Å². The van der Waals surface area contributed by atoms with Crippen molar-refractivity contribution in [3.05, 3.63) is 194 Å². The van der Waals surface area contributed by atoms with Gasteiger partial charge in [0.25, 0.3) is 0 Å². The van der Waals surface area contributed by atoms with Gasteiger partial charge in [0.2, 0.25) is 0 Å². The molecule has 0 amide bonds. The summed E-state index contributed by atoms with van der Waals surface area (Å²) < 4.78 is 10.1. The SMILES string of the molecule is c1ccc(-c2c(-c3ccccc3)c3c4ccc(-n5c6ccccc6c6ccccc65)cc4sc3c3c2sc2cc(-n4c5ccccc5c5ccccc54)ccc23)cc1. The predicted molar refractivity (Wildman–Crippen MR) is 252 cm³/mol. The molecule has 0 bridgehead atoms. The van der Waals surface area contributed by atoms with Gasteiger partial charge < -0.3 is 9.13 Å². The van der Waals surface area contributed by atoms with E-state index < -0.39 is 0 Å². The first-order valence-electron chi connectivity index (χ1n) is 19.8. The number of fused-ring (bicyclic) bond motifs is 13. The summed E-state index contributed by atoms with van der Waals surface area (Å²) in [7, 11) is 0. The number of hydrogen-bond acceptors (Lipinski definition) is 2. The summed E-state index contributed by atoms with van der Waals surface area (Å²) in [5, 5.41) is 10.4. The molecule has 0 radical (unpaired) electrons. The maximum Gasteiger partial charge on any atom is 0.0541 e. The molecule has 0 aliphatic carbocycles. The van der Waals surface area contributed by atoms with Crippen LogP contribution in [0.1, 0.15) is 0 Å². The summed E-state index contributed by atoms with van der Waals surface area (Å²) in [6.45, 7) is 0. The average molecular weight is 773 g/mol. The number of nitrogens with zero attached hydrogens (tertiary/aromatic N) is 2. The Morgan fingerprint density at radius 1 is 0.293 bits per heavy atom. The van der Waals surface area contributed by atoms with Gasteiger partial charge in [0, 0.05) is 84.4 Å². The van der Waals surface area contributed by atoms with E-state index in [9.17, 15) is 0 Å². The lowest BCUT2D eigenvalue weighted by Gasteiger charge is -2.15. The molecule has 4 heteroatoms. The van der Waals surface area contributed by atoms with E-state index in [1.54, 1.807) is 0 Å². The third-order valence-corrected chi connectivity index (χ3v) is 14.4. The van der Waals surface area contributed by atoms with Gasteiger partial charge in [-0.2, -0.15) is 0 Å². The first kappa shape index (κ1) is 32.1. The van der Waals surface area contributed by atoms with Crippen LogP contribution in [0.2, 0.25) is 0 Å². The van der Waals surface area contributed by atoms with Crippen LogP contribution in [-0.4, -0.2) is 9.13 Å². The van der Waals surface area contributed by atoms with Crippen molar-refractivity contribution >= 4 is 107 Å². The number of thiophene rings is 2. The van der Waals surface area contributed by atoms with Crippen LogP contribution < -0.4 is 0 Å².